The topological polar surface area (TPSA) is 0 Å². The van der Waals surface area contributed by atoms with Gasteiger partial charge in [-0.1, -0.05) is 38.3 Å². The average molecular weight is 232 g/mol. The van der Waals surface area contributed by atoms with Crippen molar-refractivity contribution in [2.45, 2.75) is 65.2 Å². The lowest BCUT2D eigenvalue weighted by molar-refractivity contribution is 0.0705. The van der Waals surface area contributed by atoms with E-state index in [2.05, 4.69) is 19.9 Å². The Kier molecular flexibility index (Phi) is 3.32. The fraction of sp³-hybridized carbons (Fsp3) is 0.882. The maximum atomic E-state index is 2.63. The Morgan fingerprint density at radius 3 is 2.65 bits per heavy atom. The van der Waals surface area contributed by atoms with Gasteiger partial charge in [0.25, 0.3) is 0 Å². The Hall–Kier alpha value is -0.260. The maximum Gasteiger partial charge on any atom is -0.0175 e. The van der Waals surface area contributed by atoms with Crippen LogP contribution >= 0.6 is 0 Å². The van der Waals surface area contributed by atoms with Crippen LogP contribution in [0.4, 0.5) is 0 Å². The molecule has 0 heterocycles. The van der Waals surface area contributed by atoms with Crippen LogP contribution in [0.1, 0.15) is 65.2 Å². The molecule has 0 nitrogen and oxygen atoms in total. The van der Waals surface area contributed by atoms with Crippen LogP contribution in [0, 0.1) is 29.6 Å². The molecule has 0 aromatic heterocycles. The zero-order chi connectivity index (χ0) is 11.8. The summed E-state index contributed by atoms with van der Waals surface area (Å²) in [5, 5.41) is 0. The predicted molar refractivity (Wildman–Crippen MR) is 73.8 cm³/mol. The smallest absolute Gasteiger partial charge is 0.0175 e. The number of fused-ring (bicyclic) bond motifs is 3. The van der Waals surface area contributed by atoms with Crippen LogP contribution < -0.4 is 0 Å². The van der Waals surface area contributed by atoms with Crippen molar-refractivity contribution in [1.82, 2.24) is 0 Å². The van der Waals surface area contributed by atoms with Crippen LogP contribution in [0.5, 0.6) is 0 Å². The van der Waals surface area contributed by atoms with Gasteiger partial charge in [-0.2, -0.15) is 0 Å². The van der Waals surface area contributed by atoms with Gasteiger partial charge in [0.1, 0.15) is 0 Å². The molecule has 5 atom stereocenters. The summed E-state index contributed by atoms with van der Waals surface area (Å²) in [4.78, 5) is 0. The van der Waals surface area contributed by atoms with Gasteiger partial charge in [0, 0.05) is 0 Å². The zero-order valence-electron chi connectivity index (χ0n) is 11.6. The van der Waals surface area contributed by atoms with E-state index in [0.29, 0.717) is 0 Å². The SMILES string of the molecule is CCC1=CCC2C3CCCC3CCC2C1CC. The monoisotopic (exact) mass is 232 g/mol. The third-order valence-electron chi connectivity index (χ3n) is 6.18. The summed E-state index contributed by atoms with van der Waals surface area (Å²) in [6.45, 7) is 4.77. The molecule has 0 radical (unpaired) electrons. The minimum absolute atomic E-state index is 0.945. The first-order valence-electron chi connectivity index (χ1n) is 8.04. The normalized spacial score (nSPS) is 45.1. The van der Waals surface area contributed by atoms with E-state index in [9.17, 15) is 0 Å². The van der Waals surface area contributed by atoms with E-state index in [1.54, 1.807) is 31.3 Å². The Morgan fingerprint density at radius 1 is 1.00 bits per heavy atom. The van der Waals surface area contributed by atoms with Gasteiger partial charge in [-0.3, -0.25) is 0 Å². The third-order valence-corrected chi connectivity index (χ3v) is 6.18. The van der Waals surface area contributed by atoms with Gasteiger partial charge in [-0.15, -0.1) is 0 Å². The minimum atomic E-state index is 0.945. The van der Waals surface area contributed by atoms with Crippen molar-refractivity contribution >= 4 is 0 Å². The first kappa shape index (κ1) is 11.8. The van der Waals surface area contributed by atoms with Crippen molar-refractivity contribution in [3.8, 4) is 0 Å². The molecule has 3 aliphatic carbocycles. The Morgan fingerprint density at radius 2 is 1.88 bits per heavy atom. The molecule has 0 bridgehead atoms. The Balaban J connectivity index is 1.84. The minimum Gasteiger partial charge on any atom is -0.0848 e. The summed E-state index contributed by atoms with van der Waals surface area (Å²) >= 11 is 0. The molecule has 0 amide bonds. The van der Waals surface area contributed by atoms with Crippen LogP contribution in [0.2, 0.25) is 0 Å². The molecule has 17 heavy (non-hydrogen) atoms. The molecule has 96 valence electrons. The Labute approximate surface area is 107 Å². The standard InChI is InChI=1S/C17H28/c1-3-12-8-10-17-15-7-5-6-13(15)9-11-16(17)14(12)4-2/h8,13-17H,3-7,9-11H2,1-2H3. The summed E-state index contributed by atoms with van der Waals surface area (Å²) in [6, 6.07) is 0. The van der Waals surface area contributed by atoms with Crippen LogP contribution in [0.25, 0.3) is 0 Å². The highest BCUT2D eigenvalue weighted by atomic mass is 14.5. The highest BCUT2D eigenvalue weighted by Crippen LogP contribution is 2.54. The molecule has 2 fully saturated rings. The second kappa shape index (κ2) is 4.78. The molecule has 0 spiro atoms. The summed E-state index contributed by atoms with van der Waals surface area (Å²) in [5.74, 6) is 5.29. The molecule has 2 saturated carbocycles. The van der Waals surface area contributed by atoms with E-state index in [4.69, 9.17) is 0 Å². The highest BCUT2D eigenvalue weighted by Gasteiger charge is 2.45. The molecular weight excluding hydrogens is 204 g/mol. The van der Waals surface area contributed by atoms with Crippen molar-refractivity contribution in [3.63, 3.8) is 0 Å². The lowest BCUT2D eigenvalue weighted by Gasteiger charge is -2.47. The lowest BCUT2D eigenvalue weighted by atomic mass is 9.58. The maximum absolute atomic E-state index is 2.63. The number of hydrogen-bond donors (Lipinski definition) is 0. The summed E-state index contributed by atoms with van der Waals surface area (Å²) in [6.07, 6.45) is 14.5. The lowest BCUT2D eigenvalue weighted by Crippen LogP contribution is -2.38. The number of allylic oxidation sites excluding steroid dienone is 2. The quantitative estimate of drug-likeness (QED) is 0.574. The second-order valence-corrected chi connectivity index (χ2v) is 6.64. The molecule has 5 unspecified atom stereocenters. The predicted octanol–water partition coefficient (Wildman–Crippen LogP) is 5.20. The first-order valence-corrected chi connectivity index (χ1v) is 8.04. The van der Waals surface area contributed by atoms with Gasteiger partial charge in [0.05, 0.1) is 0 Å². The zero-order valence-corrected chi connectivity index (χ0v) is 11.6. The third kappa shape index (κ3) is 1.88. The molecule has 0 aliphatic heterocycles. The van der Waals surface area contributed by atoms with Crippen molar-refractivity contribution in [2.24, 2.45) is 29.6 Å². The van der Waals surface area contributed by atoms with Gasteiger partial charge >= 0.3 is 0 Å². The van der Waals surface area contributed by atoms with Crippen molar-refractivity contribution in [1.29, 1.82) is 0 Å². The van der Waals surface area contributed by atoms with Crippen LogP contribution in [0.3, 0.4) is 0 Å². The molecule has 0 aromatic rings. The molecule has 3 rings (SSSR count). The molecular formula is C17H28. The Bertz CT molecular complexity index is 301. The van der Waals surface area contributed by atoms with Crippen molar-refractivity contribution in [3.05, 3.63) is 11.6 Å². The summed E-state index contributed by atoms with van der Waals surface area (Å²) in [7, 11) is 0. The van der Waals surface area contributed by atoms with Gasteiger partial charge in [0.2, 0.25) is 0 Å². The highest BCUT2D eigenvalue weighted by molar-refractivity contribution is 5.15. The first-order chi connectivity index (χ1) is 8.35. The van der Waals surface area contributed by atoms with Gasteiger partial charge in [-0.25, -0.2) is 0 Å². The van der Waals surface area contributed by atoms with Crippen LogP contribution in [-0.4, -0.2) is 0 Å². The van der Waals surface area contributed by atoms with Gasteiger partial charge < -0.3 is 0 Å². The van der Waals surface area contributed by atoms with E-state index < -0.39 is 0 Å². The molecule has 0 saturated heterocycles. The van der Waals surface area contributed by atoms with Crippen molar-refractivity contribution in [2.75, 3.05) is 0 Å². The second-order valence-electron chi connectivity index (χ2n) is 6.64. The van der Waals surface area contributed by atoms with E-state index in [1.165, 1.54) is 25.7 Å². The van der Waals surface area contributed by atoms with Gasteiger partial charge in [0.15, 0.2) is 0 Å². The number of hydrogen-bond acceptors (Lipinski definition) is 0. The largest absolute Gasteiger partial charge is 0.0848 e. The van der Waals surface area contributed by atoms with E-state index in [0.717, 1.165) is 29.6 Å². The van der Waals surface area contributed by atoms with Crippen LogP contribution in [0.15, 0.2) is 11.6 Å². The molecule has 0 aromatic carbocycles. The summed E-state index contributed by atoms with van der Waals surface area (Å²) in [5.41, 5.74) is 1.80. The summed E-state index contributed by atoms with van der Waals surface area (Å²) < 4.78 is 0. The van der Waals surface area contributed by atoms with E-state index in [1.807, 2.05) is 0 Å². The molecule has 3 aliphatic rings. The number of rotatable bonds is 2. The molecule has 0 N–H and O–H groups in total. The van der Waals surface area contributed by atoms with Crippen LogP contribution in [-0.2, 0) is 0 Å². The van der Waals surface area contributed by atoms with Crippen molar-refractivity contribution < 1.29 is 0 Å². The fourth-order valence-electron chi connectivity index (χ4n) is 5.46. The molecule has 0 heteroatoms. The van der Waals surface area contributed by atoms with Gasteiger partial charge in [-0.05, 0) is 68.1 Å². The average Bonchev–Trinajstić information content (AvgIpc) is 2.85. The van der Waals surface area contributed by atoms with E-state index >= 15 is 0 Å². The fourth-order valence-corrected chi connectivity index (χ4v) is 5.46. The van der Waals surface area contributed by atoms with E-state index in [-0.39, 0.29) is 0 Å².